The van der Waals surface area contributed by atoms with Crippen LogP contribution >= 0.6 is 11.8 Å². The third-order valence-electron chi connectivity index (χ3n) is 2.49. The third kappa shape index (κ3) is 3.81. The second kappa shape index (κ2) is 6.94. The van der Waals surface area contributed by atoms with Crippen LogP contribution in [0.3, 0.4) is 0 Å². The largest absolute Gasteiger partial charge is 0.395 e. The number of benzene rings is 1. The zero-order valence-corrected chi connectivity index (χ0v) is 11.1. The lowest BCUT2D eigenvalue weighted by Crippen LogP contribution is -2.31. The number of nitrogens with one attached hydrogen (secondary N) is 1. The summed E-state index contributed by atoms with van der Waals surface area (Å²) in [5, 5.41) is 12.4. The molecule has 90 valence electrons. The quantitative estimate of drug-likeness (QED) is 0.749. The van der Waals surface area contributed by atoms with E-state index in [1.807, 2.05) is 18.7 Å². The van der Waals surface area contributed by atoms with Gasteiger partial charge in [-0.2, -0.15) is 0 Å². The Hall–Kier alpha value is -0.510. The molecule has 0 saturated carbocycles. The number of hydrogen-bond donors (Lipinski definition) is 2. The number of thioether (sulfide) groups is 1. The molecule has 0 fully saturated rings. The summed E-state index contributed by atoms with van der Waals surface area (Å²) in [6, 6.07) is 8.86. The fourth-order valence-electron chi connectivity index (χ4n) is 1.69. The number of aliphatic hydroxyl groups is 1. The zero-order valence-electron chi connectivity index (χ0n) is 10.2. The molecule has 0 amide bonds. The highest BCUT2D eigenvalue weighted by Crippen LogP contribution is 2.27. The van der Waals surface area contributed by atoms with Gasteiger partial charge < -0.3 is 10.4 Å². The second-order valence-corrected chi connectivity index (χ2v) is 5.25. The fourth-order valence-corrected chi connectivity index (χ4v) is 2.59. The first kappa shape index (κ1) is 13.6. The molecule has 0 aliphatic rings. The van der Waals surface area contributed by atoms with Crippen LogP contribution in [0.25, 0.3) is 0 Å². The molecular formula is C13H21NOS. The first-order chi connectivity index (χ1) is 7.69. The van der Waals surface area contributed by atoms with Gasteiger partial charge in [0.15, 0.2) is 0 Å². The lowest BCUT2D eigenvalue weighted by Gasteiger charge is -2.20. The first-order valence-electron chi connectivity index (χ1n) is 5.77. The number of rotatable bonds is 6. The van der Waals surface area contributed by atoms with Crippen LogP contribution in [-0.2, 0) is 0 Å². The Kier molecular flexibility index (Phi) is 5.88. The molecule has 0 aliphatic heterocycles. The SMILES string of the molecule is CCSc1ccccc1C(C)N[C@H](C)CO. The summed E-state index contributed by atoms with van der Waals surface area (Å²) < 4.78 is 0. The second-order valence-electron chi connectivity index (χ2n) is 3.94. The van der Waals surface area contributed by atoms with E-state index in [1.165, 1.54) is 10.5 Å². The van der Waals surface area contributed by atoms with Crippen molar-refractivity contribution in [3.05, 3.63) is 29.8 Å². The predicted molar refractivity (Wildman–Crippen MR) is 70.9 cm³/mol. The maximum absolute atomic E-state index is 9.04. The van der Waals surface area contributed by atoms with Gasteiger partial charge in [0.1, 0.15) is 0 Å². The summed E-state index contributed by atoms with van der Waals surface area (Å²) in [6.45, 7) is 6.47. The van der Waals surface area contributed by atoms with E-state index >= 15 is 0 Å². The van der Waals surface area contributed by atoms with Crippen molar-refractivity contribution >= 4 is 11.8 Å². The maximum atomic E-state index is 9.04. The predicted octanol–water partition coefficient (Wildman–Crippen LogP) is 2.83. The fraction of sp³-hybridized carbons (Fsp3) is 0.538. The molecule has 0 heterocycles. The van der Waals surface area contributed by atoms with Crippen LogP contribution < -0.4 is 5.32 Å². The summed E-state index contributed by atoms with van der Waals surface area (Å²) >= 11 is 1.86. The molecular weight excluding hydrogens is 218 g/mol. The molecule has 0 aliphatic carbocycles. The smallest absolute Gasteiger partial charge is 0.0582 e. The van der Waals surface area contributed by atoms with Crippen molar-refractivity contribution in [2.24, 2.45) is 0 Å². The average Bonchev–Trinajstić information content (AvgIpc) is 2.30. The highest BCUT2D eigenvalue weighted by Gasteiger charge is 2.11. The molecule has 2 nitrogen and oxygen atoms in total. The number of aliphatic hydroxyl groups excluding tert-OH is 1. The van der Waals surface area contributed by atoms with E-state index in [1.54, 1.807) is 0 Å². The molecule has 0 saturated heterocycles. The molecule has 2 N–H and O–H groups in total. The van der Waals surface area contributed by atoms with E-state index in [-0.39, 0.29) is 18.7 Å². The van der Waals surface area contributed by atoms with Crippen LogP contribution in [0, 0.1) is 0 Å². The maximum Gasteiger partial charge on any atom is 0.0582 e. The van der Waals surface area contributed by atoms with Crippen LogP contribution in [0.15, 0.2) is 29.2 Å². The van der Waals surface area contributed by atoms with Gasteiger partial charge in [-0.25, -0.2) is 0 Å². The van der Waals surface area contributed by atoms with E-state index in [4.69, 9.17) is 5.11 Å². The van der Waals surface area contributed by atoms with Crippen molar-refractivity contribution in [1.82, 2.24) is 5.32 Å². The summed E-state index contributed by atoms with van der Waals surface area (Å²) in [5.41, 5.74) is 1.31. The van der Waals surface area contributed by atoms with Crippen LogP contribution in [0.2, 0.25) is 0 Å². The van der Waals surface area contributed by atoms with Gasteiger partial charge in [-0.1, -0.05) is 25.1 Å². The summed E-state index contributed by atoms with van der Waals surface area (Å²) in [7, 11) is 0. The van der Waals surface area contributed by atoms with Crippen LogP contribution in [0.4, 0.5) is 0 Å². The normalized spacial score (nSPS) is 14.8. The molecule has 16 heavy (non-hydrogen) atoms. The summed E-state index contributed by atoms with van der Waals surface area (Å²) in [6.07, 6.45) is 0. The highest BCUT2D eigenvalue weighted by atomic mass is 32.2. The van der Waals surface area contributed by atoms with Gasteiger partial charge in [-0.05, 0) is 31.2 Å². The van der Waals surface area contributed by atoms with Crippen molar-refractivity contribution in [2.75, 3.05) is 12.4 Å². The van der Waals surface area contributed by atoms with E-state index in [2.05, 4.69) is 43.4 Å². The van der Waals surface area contributed by atoms with Gasteiger partial charge in [0.2, 0.25) is 0 Å². The molecule has 1 aromatic rings. The topological polar surface area (TPSA) is 32.3 Å². The summed E-state index contributed by atoms with van der Waals surface area (Å²) in [5.74, 6) is 1.08. The van der Waals surface area contributed by atoms with Crippen molar-refractivity contribution in [2.45, 2.75) is 37.8 Å². The van der Waals surface area contributed by atoms with Crippen LogP contribution in [-0.4, -0.2) is 23.5 Å². The Morgan fingerprint density at radius 3 is 2.62 bits per heavy atom. The van der Waals surface area contributed by atoms with Crippen LogP contribution in [0.1, 0.15) is 32.4 Å². The minimum Gasteiger partial charge on any atom is -0.395 e. The molecule has 1 aromatic carbocycles. The van der Waals surface area contributed by atoms with Gasteiger partial charge in [0.05, 0.1) is 6.61 Å². The van der Waals surface area contributed by atoms with Crippen molar-refractivity contribution < 1.29 is 5.11 Å². The molecule has 1 unspecified atom stereocenters. The molecule has 0 spiro atoms. The minimum atomic E-state index is 0.134. The molecule has 0 aromatic heterocycles. The van der Waals surface area contributed by atoms with Crippen molar-refractivity contribution in [3.8, 4) is 0 Å². The Morgan fingerprint density at radius 2 is 2.00 bits per heavy atom. The molecule has 3 heteroatoms. The van der Waals surface area contributed by atoms with Gasteiger partial charge in [-0.15, -0.1) is 11.8 Å². The average molecular weight is 239 g/mol. The van der Waals surface area contributed by atoms with Crippen LogP contribution in [0.5, 0.6) is 0 Å². The lowest BCUT2D eigenvalue weighted by molar-refractivity contribution is 0.243. The van der Waals surface area contributed by atoms with E-state index < -0.39 is 0 Å². The molecule has 1 rings (SSSR count). The minimum absolute atomic E-state index is 0.134. The Bertz CT molecular complexity index is 317. The van der Waals surface area contributed by atoms with Gasteiger partial charge in [0.25, 0.3) is 0 Å². The van der Waals surface area contributed by atoms with Crippen molar-refractivity contribution in [1.29, 1.82) is 0 Å². The van der Waals surface area contributed by atoms with Gasteiger partial charge in [0, 0.05) is 17.0 Å². The Balaban J connectivity index is 2.77. The highest BCUT2D eigenvalue weighted by molar-refractivity contribution is 7.99. The zero-order chi connectivity index (χ0) is 12.0. The Morgan fingerprint density at radius 1 is 1.31 bits per heavy atom. The standard InChI is InChI=1S/C13H21NOS/c1-4-16-13-8-6-5-7-12(13)11(3)14-10(2)9-15/h5-8,10-11,14-15H,4,9H2,1-3H3/t10-,11?/m1/s1. The number of hydrogen-bond acceptors (Lipinski definition) is 3. The monoisotopic (exact) mass is 239 g/mol. The van der Waals surface area contributed by atoms with Gasteiger partial charge >= 0.3 is 0 Å². The van der Waals surface area contributed by atoms with E-state index in [9.17, 15) is 0 Å². The Labute approximate surface area is 102 Å². The van der Waals surface area contributed by atoms with E-state index in [0.29, 0.717) is 0 Å². The lowest BCUT2D eigenvalue weighted by atomic mass is 10.1. The first-order valence-corrected chi connectivity index (χ1v) is 6.76. The third-order valence-corrected chi connectivity index (χ3v) is 3.47. The van der Waals surface area contributed by atoms with Crippen molar-refractivity contribution in [3.63, 3.8) is 0 Å². The summed E-state index contributed by atoms with van der Waals surface area (Å²) in [4.78, 5) is 1.33. The molecule has 2 atom stereocenters. The molecule has 0 radical (unpaired) electrons. The molecule has 0 bridgehead atoms. The van der Waals surface area contributed by atoms with Gasteiger partial charge in [-0.3, -0.25) is 0 Å². The van der Waals surface area contributed by atoms with E-state index in [0.717, 1.165) is 5.75 Å².